The van der Waals surface area contributed by atoms with Gasteiger partial charge in [-0.25, -0.2) is 0 Å². The lowest BCUT2D eigenvalue weighted by Crippen LogP contribution is -2.40. The molecule has 2 aromatic rings. The van der Waals surface area contributed by atoms with Crippen LogP contribution in [0.3, 0.4) is 0 Å². The van der Waals surface area contributed by atoms with Crippen molar-refractivity contribution in [1.82, 2.24) is 5.32 Å². The van der Waals surface area contributed by atoms with E-state index >= 15 is 0 Å². The van der Waals surface area contributed by atoms with Crippen LogP contribution in [0.5, 0.6) is 0 Å². The molecule has 106 valence electrons. The molecule has 2 unspecified atom stereocenters. The second-order valence-electron chi connectivity index (χ2n) is 5.69. The van der Waals surface area contributed by atoms with E-state index in [4.69, 9.17) is 0 Å². The molecule has 0 radical (unpaired) electrons. The predicted molar refractivity (Wildman–Crippen MR) is 87.6 cm³/mol. The normalized spacial score (nSPS) is 18.4. The predicted octanol–water partition coefficient (Wildman–Crippen LogP) is 4.39. The van der Waals surface area contributed by atoms with Crippen LogP contribution < -0.4 is 5.32 Å². The second-order valence-corrected chi connectivity index (χ2v) is 6.72. The number of fused-ring (bicyclic) bond motifs is 1. The summed E-state index contributed by atoms with van der Waals surface area (Å²) in [6.07, 6.45) is 4.92. The van der Waals surface area contributed by atoms with Crippen LogP contribution in [0.1, 0.15) is 41.7 Å². The van der Waals surface area contributed by atoms with E-state index in [2.05, 4.69) is 54.0 Å². The van der Waals surface area contributed by atoms with Crippen molar-refractivity contribution < 1.29 is 0 Å². The lowest BCUT2D eigenvalue weighted by atomic mass is 9.72. The van der Waals surface area contributed by atoms with Gasteiger partial charge in [0.25, 0.3) is 0 Å². The number of benzene rings is 1. The maximum absolute atomic E-state index is 3.78. The van der Waals surface area contributed by atoms with Crippen LogP contribution in [-0.4, -0.2) is 12.6 Å². The summed E-state index contributed by atoms with van der Waals surface area (Å²) in [5.41, 5.74) is 3.13. The van der Waals surface area contributed by atoms with Crippen molar-refractivity contribution in [3.63, 3.8) is 0 Å². The van der Waals surface area contributed by atoms with Crippen molar-refractivity contribution in [2.24, 2.45) is 0 Å². The molecule has 0 amide bonds. The Hall–Kier alpha value is -1.12. The van der Waals surface area contributed by atoms with Gasteiger partial charge >= 0.3 is 0 Å². The Labute approximate surface area is 126 Å². The van der Waals surface area contributed by atoms with Crippen molar-refractivity contribution >= 4 is 11.3 Å². The molecule has 0 fully saturated rings. The maximum atomic E-state index is 3.78. The van der Waals surface area contributed by atoms with Gasteiger partial charge in [-0.15, -0.1) is 11.3 Å². The third kappa shape index (κ3) is 2.97. The third-order valence-corrected chi connectivity index (χ3v) is 5.25. The summed E-state index contributed by atoms with van der Waals surface area (Å²) >= 11 is 1.88. The molecule has 0 saturated carbocycles. The molecule has 0 bridgehead atoms. The minimum Gasteiger partial charge on any atom is -0.313 e. The first kappa shape index (κ1) is 13.8. The highest BCUT2D eigenvalue weighted by molar-refractivity contribution is 7.09. The summed E-state index contributed by atoms with van der Waals surface area (Å²) in [7, 11) is 0. The van der Waals surface area contributed by atoms with E-state index in [-0.39, 0.29) is 0 Å². The molecular weight excluding hydrogens is 262 g/mol. The van der Waals surface area contributed by atoms with Crippen molar-refractivity contribution in [2.75, 3.05) is 6.54 Å². The molecule has 2 heteroatoms. The number of nitrogens with one attached hydrogen (secondary N) is 1. The maximum Gasteiger partial charge on any atom is 0.0142 e. The Morgan fingerprint density at radius 1 is 1.25 bits per heavy atom. The monoisotopic (exact) mass is 285 g/mol. The molecule has 3 rings (SSSR count). The first-order chi connectivity index (χ1) is 9.88. The van der Waals surface area contributed by atoms with Gasteiger partial charge in [0.1, 0.15) is 0 Å². The molecule has 1 aliphatic carbocycles. The average molecular weight is 285 g/mol. The van der Waals surface area contributed by atoms with Gasteiger partial charge < -0.3 is 5.32 Å². The number of aryl methyl sites for hydroxylation is 1. The second kappa shape index (κ2) is 6.55. The zero-order valence-electron chi connectivity index (χ0n) is 12.1. The Morgan fingerprint density at radius 3 is 2.90 bits per heavy atom. The first-order valence-corrected chi connectivity index (χ1v) is 8.60. The molecule has 1 aliphatic rings. The van der Waals surface area contributed by atoms with E-state index in [0.29, 0.717) is 6.04 Å². The summed E-state index contributed by atoms with van der Waals surface area (Å²) in [4.78, 5) is 1.51. The van der Waals surface area contributed by atoms with Gasteiger partial charge in [0, 0.05) is 16.8 Å². The molecule has 0 aliphatic heterocycles. The van der Waals surface area contributed by atoms with Crippen LogP contribution in [0.2, 0.25) is 0 Å². The van der Waals surface area contributed by atoms with Gasteiger partial charge in [-0.3, -0.25) is 0 Å². The van der Waals surface area contributed by atoms with Crippen molar-refractivity contribution in [1.29, 1.82) is 0 Å². The molecule has 0 saturated heterocycles. The van der Waals surface area contributed by atoms with Gasteiger partial charge in [-0.05, 0) is 54.8 Å². The van der Waals surface area contributed by atoms with Gasteiger partial charge in [-0.1, -0.05) is 37.3 Å². The highest BCUT2D eigenvalue weighted by atomic mass is 32.1. The Kier molecular flexibility index (Phi) is 4.54. The van der Waals surface area contributed by atoms with Crippen LogP contribution in [-0.2, 0) is 12.8 Å². The number of hydrogen-bond donors (Lipinski definition) is 1. The van der Waals surface area contributed by atoms with Crippen molar-refractivity contribution in [3.05, 3.63) is 57.8 Å². The van der Waals surface area contributed by atoms with Crippen LogP contribution >= 0.6 is 11.3 Å². The van der Waals surface area contributed by atoms with E-state index < -0.39 is 0 Å². The van der Waals surface area contributed by atoms with Crippen LogP contribution in [0.25, 0.3) is 0 Å². The third-order valence-electron chi connectivity index (χ3n) is 4.32. The standard InChI is InChI=1S/C18H23NS/c1-2-11-19-18(10-9-15-7-5-12-20-15)17-13-14-6-3-4-8-16(14)17/h3-8,12,17-19H,2,9-11,13H2,1H3. The number of hydrogen-bond acceptors (Lipinski definition) is 2. The van der Waals surface area contributed by atoms with Crippen LogP contribution in [0, 0.1) is 0 Å². The molecule has 1 heterocycles. The largest absolute Gasteiger partial charge is 0.313 e. The lowest BCUT2D eigenvalue weighted by Gasteiger charge is -2.37. The first-order valence-electron chi connectivity index (χ1n) is 7.72. The molecule has 0 spiro atoms. The fraction of sp³-hybridized carbons (Fsp3) is 0.444. The molecule has 20 heavy (non-hydrogen) atoms. The van der Waals surface area contributed by atoms with Crippen molar-refractivity contribution in [2.45, 2.75) is 44.6 Å². The minimum atomic E-state index is 0.631. The fourth-order valence-electron chi connectivity index (χ4n) is 3.18. The zero-order chi connectivity index (χ0) is 13.8. The number of rotatable bonds is 7. The van der Waals surface area contributed by atoms with Crippen LogP contribution in [0.15, 0.2) is 41.8 Å². The van der Waals surface area contributed by atoms with E-state index in [1.54, 1.807) is 11.1 Å². The highest BCUT2D eigenvalue weighted by Gasteiger charge is 2.31. The Bertz CT molecular complexity index is 532. The lowest BCUT2D eigenvalue weighted by molar-refractivity contribution is 0.380. The SMILES string of the molecule is CCCNC(CCc1cccs1)C1Cc2ccccc21. The van der Waals surface area contributed by atoms with E-state index in [9.17, 15) is 0 Å². The van der Waals surface area contributed by atoms with Gasteiger partial charge in [0.2, 0.25) is 0 Å². The summed E-state index contributed by atoms with van der Waals surface area (Å²) in [6.45, 7) is 3.38. The van der Waals surface area contributed by atoms with Gasteiger partial charge in [0.15, 0.2) is 0 Å². The molecule has 1 nitrogen and oxygen atoms in total. The smallest absolute Gasteiger partial charge is 0.0142 e. The molecule has 1 aromatic heterocycles. The molecule has 1 N–H and O–H groups in total. The summed E-state index contributed by atoms with van der Waals surface area (Å²) in [5.74, 6) is 0.720. The molecule has 2 atom stereocenters. The summed E-state index contributed by atoms with van der Waals surface area (Å²) in [6, 6.07) is 14.0. The molecular formula is C18H23NS. The fourth-order valence-corrected chi connectivity index (χ4v) is 3.91. The molecule has 1 aromatic carbocycles. The summed E-state index contributed by atoms with van der Waals surface area (Å²) in [5, 5.41) is 5.96. The van der Waals surface area contributed by atoms with Gasteiger partial charge in [0.05, 0.1) is 0 Å². The summed E-state index contributed by atoms with van der Waals surface area (Å²) < 4.78 is 0. The van der Waals surface area contributed by atoms with E-state index in [1.165, 1.54) is 30.6 Å². The van der Waals surface area contributed by atoms with Crippen LogP contribution in [0.4, 0.5) is 0 Å². The highest BCUT2D eigenvalue weighted by Crippen LogP contribution is 2.38. The van der Waals surface area contributed by atoms with E-state index in [1.807, 2.05) is 11.3 Å². The average Bonchev–Trinajstić information content (AvgIpc) is 2.95. The zero-order valence-corrected chi connectivity index (χ0v) is 13.0. The topological polar surface area (TPSA) is 12.0 Å². The Balaban J connectivity index is 1.64. The Morgan fingerprint density at radius 2 is 2.15 bits per heavy atom. The number of thiophene rings is 1. The quantitative estimate of drug-likeness (QED) is 0.795. The minimum absolute atomic E-state index is 0.631. The van der Waals surface area contributed by atoms with E-state index in [0.717, 1.165) is 12.5 Å². The van der Waals surface area contributed by atoms with Gasteiger partial charge in [-0.2, -0.15) is 0 Å². The van der Waals surface area contributed by atoms with Crippen molar-refractivity contribution in [3.8, 4) is 0 Å².